The summed E-state index contributed by atoms with van der Waals surface area (Å²) < 4.78 is 6.03. The molecule has 0 unspecified atom stereocenters. The van der Waals surface area contributed by atoms with E-state index in [1.54, 1.807) is 0 Å². The molecule has 0 saturated heterocycles. The first kappa shape index (κ1) is 26.2. The smallest absolute Gasteiger partial charge is 0.303 e. The van der Waals surface area contributed by atoms with Crippen LogP contribution in [0.4, 0.5) is 5.69 Å². The Bertz CT molecular complexity index is 1590. The lowest BCUT2D eigenvalue weighted by molar-refractivity contribution is -0.136. The SMILES string of the molecule is O=C(O)CCc1ccccc1Oc1ccc(-c2ccc(NC(=O)c3ccc(-c4ccc(Cl)cc4)s3)cc2)cc1. The lowest BCUT2D eigenvalue weighted by Gasteiger charge is -2.11. The zero-order valence-electron chi connectivity index (χ0n) is 20.8. The number of nitrogens with one attached hydrogen (secondary N) is 1. The Labute approximate surface area is 235 Å². The van der Waals surface area contributed by atoms with E-state index in [-0.39, 0.29) is 12.3 Å². The molecular weight excluding hydrogens is 530 g/mol. The van der Waals surface area contributed by atoms with Crippen molar-refractivity contribution >= 4 is 40.5 Å². The Balaban J connectivity index is 1.21. The Morgan fingerprint density at radius 2 is 1.41 bits per heavy atom. The van der Waals surface area contributed by atoms with Crippen LogP contribution in [0.2, 0.25) is 5.02 Å². The van der Waals surface area contributed by atoms with Crippen molar-refractivity contribution in [1.82, 2.24) is 0 Å². The summed E-state index contributed by atoms with van der Waals surface area (Å²) in [4.78, 5) is 25.4. The highest BCUT2D eigenvalue weighted by Crippen LogP contribution is 2.31. The monoisotopic (exact) mass is 553 g/mol. The fourth-order valence-electron chi connectivity index (χ4n) is 4.06. The summed E-state index contributed by atoms with van der Waals surface area (Å²) in [6.45, 7) is 0. The Morgan fingerprint density at radius 3 is 2.10 bits per heavy atom. The molecule has 1 amide bonds. The minimum absolute atomic E-state index is 0.0491. The number of carbonyl (C=O) groups is 2. The van der Waals surface area contributed by atoms with E-state index < -0.39 is 5.97 Å². The quantitative estimate of drug-likeness (QED) is 0.191. The second kappa shape index (κ2) is 12.0. The Kier molecular flexibility index (Phi) is 8.06. The number of halogens is 1. The molecule has 4 aromatic carbocycles. The first-order valence-corrected chi connectivity index (χ1v) is 13.5. The molecule has 1 aromatic heterocycles. The zero-order chi connectivity index (χ0) is 27.2. The van der Waals surface area contributed by atoms with Gasteiger partial charge < -0.3 is 15.2 Å². The number of thiophene rings is 1. The van der Waals surface area contributed by atoms with E-state index in [0.717, 1.165) is 27.1 Å². The summed E-state index contributed by atoms with van der Waals surface area (Å²) >= 11 is 7.41. The second-order valence-electron chi connectivity index (χ2n) is 8.83. The third-order valence-corrected chi connectivity index (χ3v) is 7.48. The number of carboxylic acid groups (broad SMARTS) is 1. The van der Waals surface area contributed by atoms with E-state index in [2.05, 4.69) is 5.32 Å². The first-order valence-electron chi connectivity index (χ1n) is 12.3. The van der Waals surface area contributed by atoms with Crippen molar-refractivity contribution in [2.24, 2.45) is 0 Å². The van der Waals surface area contributed by atoms with Crippen LogP contribution in [0.1, 0.15) is 21.7 Å². The maximum absolute atomic E-state index is 12.8. The van der Waals surface area contributed by atoms with Crippen LogP contribution >= 0.6 is 22.9 Å². The van der Waals surface area contributed by atoms with Crippen molar-refractivity contribution in [3.63, 3.8) is 0 Å². The van der Waals surface area contributed by atoms with Gasteiger partial charge in [0.25, 0.3) is 5.91 Å². The normalized spacial score (nSPS) is 10.7. The lowest BCUT2D eigenvalue weighted by Crippen LogP contribution is -2.09. The van der Waals surface area contributed by atoms with Gasteiger partial charge in [-0.3, -0.25) is 9.59 Å². The third-order valence-electron chi connectivity index (χ3n) is 6.10. The molecule has 0 spiro atoms. The highest BCUT2D eigenvalue weighted by Gasteiger charge is 2.12. The van der Waals surface area contributed by atoms with Crippen LogP contribution in [0.25, 0.3) is 21.6 Å². The summed E-state index contributed by atoms with van der Waals surface area (Å²) in [5.41, 5.74) is 4.59. The number of anilines is 1. The van der Waals surface area contributed by atoms with Gasteiger partial charge in [0.1, 0.15) is 11.5 Å². The van der Waals surface area contributed by atoms with Crippen LogP contribution in [0.3, 0.4) is 0 Å². The maximum atomic E-state index is 12.8. The van der Waals surface area contributed by atoms with Gasteiger partial charge in [-0.25, -0.2) is 0 Å². The van der Waals surface area contributed by atoms with E-state index in [4.69, 9.17) is 21.4 Å². The molecule has 2 N–H and O–H groups in total. The molecular formula is C32H24ClNO4S. The number of aryl methyl sites for hydroxylation is 1. The van der Waals surface area contributed by atoms with Crippen LogP contribution < -0.4 is 10.1 Å². The van der Waals surface area contributed by atoms with Crippen molar-refractivity contribution in [2.45, 2.75) is 12.8 Å². The highest BCUT2D eigenvalue weighted by atomic mass is 35.5. The number of benzene rings is 4. The van der Waals surface area contributed by atoms with E-state index in [1.807, 2.05) is 109 Å². The predicted octanol–water partition coefficient (Wildman–Crippen LogP) is 8.80. The van der Waals surface area contributed by atoms with E-state index in [0.29, 0.717) is 33.5 Å². The molecule has 0 atom stereocenters. The van der Waals surface area contributed by atoms with Crippen molar-refractivity contribution in [2.75, 3.05) is 5.32 Å². The molecule has 0 bridgehead atoms. The minimum Gasteiger partial charge on any atom is -0.481 e. The van der Waals surface area contributed by atoms with Gasteiger partial charge in [-0.15, -0.1) is 11.3 Å². The largest absolute Gasteiger partial charge is 0.481 e. The molecule has 0 radical (unpaired) electrons. The molecule has 0 aliphatic heterocycles. The average molecular weight is 554 g/mol. The van der Waals surface area contributed by atoms with E-state index in [1.165, 1.54) is 11.3 Å². The van der Waals surface area contributed by atoms with Crippen molar-refractivity contribution in [3.05, 3.63) is 125 Å². The Morgan fingerprint density at radius 1 is 0.769 bits per heavy atom. The second-order valence-corrected chi connectivity index (χ2v) is 10.4. The van der Waals surface area contributed by atoms with E-state index >= 15 is 0 Å². The van der Waals surface area contributed by atoms with Gasteiger partial charge in [0.05, 0.1) is 4.88 Å². The fourth-order valence-corrected chi connectivity index (χ4v) is 5.09. The van der Waals surface area contributed by atoms with E-state index in [9.17, 15) is 9.59 Å². The van der Waals surface area contributed by atoms with Crippen molar-refractivity contribution in [3.8, 4) is 33.1 Å². The molecule has 194 valence electrons. The number of aliphatic carboxylic acids is 1. The van der Waals surface area contributed by atoms with Crippen LogP contribution in [0.5, 0.6) is 11.5 Å². The molecule has 0 aliphatic rings. The summed E-state index contributed by atoms with van der Waals surface area (Å²) in [6.07, 6.45) is 0.454. The standard InChI is InChI=1S/C32H24ClNO4S/c33-25-12-5-24(6-13-25)29-18-19-30(39-29)32(37)34-26-14-7-21(8-15-26)22-9-16-27(17-10-22)38-28-4-2-1-3-23(28)11-20-31(35)36/h1-10,12-19H,11,20H2,(H,34,37)(H,35,36). The molecule has 5 nitrogen and oxygen atoms in total. The summed E-state index contributed by atoms with van der Waals surface area (Å²) in [6, 6.07) is 34.1. The van der Waals surface area contributed by atoms with Crippen LogP contribution in [-0.4, -0.2) is 17.0 Å². The average Bonchev–Trinajstić information content (AvgIpc) is 3.45. The maximum Gasteiger partial charge on any atom is 0.303 e. The zero-order valence-corrected chi connectivity index (χ0v) is 22.3. The predicted molar refractivity (Wildman–Crippen MR) is 157 cm³/mol. The molecule has 0 saturated carbocycles. The number of carboxylic acids is 1. The van der Waals surface area contributed by atoms with Gasteiger partial charge >= 0.3 is 5.97 Å². The Hall–Kier alpha value is -4.39. The fraction of sp³-hybridized carbons (Fsp3) is 0.0625. The van der Waals surface area contributed by atoms with Crippen LogP contribution in [0, 0.1) is 0 Å². The number of para-hydroxylation sites is 1. The van der Waals surface area contributed by atoms with Crippen molar-refractivity contribution < 1.29 is 19.4 Å². The van der Waals surface area contributed by atoms with Crippen LogP contribution in [0.15, 0.2) is 109 Å². The van der Waals surface area contributed by atoms with Gasteiger partial charge in [-0.05, 0) is 83.3 Å². The lowest BCUT2D eigenvalue weighted by atomic mass is 10.1. The highest BCUT2D eigenvalue weighted by molar-refractivity contribution is 7.17. The minimum atomic E-state index is -0.838. The van der Waals surface area contributed by atoms with Gasteiger partial charge in [-0.2, -0.15) is 0 Å². The molecule has 1 heterocycles. The molecule has 7 heteroatoms. The van der Waals surface area contributed by atoms with Gasteiger partial charge in [-0.1, -0.05) is 66.2 Å². The van der Waals surface area contributed by atoms with Gasteiger partial charge in [0.15, 0.2) is 0 Å². The van der Waals surface area contributed by atoms with Crippen LogP contribution in [-0.2, 0) is 11.2 Å². The number of ether oxygens (including phenoxy) is 1. The number of hydrogen-bond donors (Lipinski definition) is 2. The molecule has 39 heavy (non-hydrogen) atoms. The number of amides is 1. The summed E-state index contributed by atoms with van der Waals surface area (Å²) in [5.74, 6) is 0.324. The number of carbonyl (C=O) groups excluding carboxylic acids is 1. The number of rotatable bonds is 9. The summed E-state index contributed by atoms with van der Waals surface area (Å²) in [7, 11) is 0. The molecule has 5 rings (SSSR count). The van der Waals surface area contributed by atoms with Gasteiger partial charge in [0.2, 0.25) is 0 Å². The number of hydrogen-bond acceptors (Lipinski definition) is 4. The molecule has 0 fully saturated rings. The van der Waals surface area contributed by atoms with Gasteiger partial charge in [0, 0.05) is 22.0 Å². The molecule has 0 aliphatic carbocycles. The summed E-state index contributed by atoms with van der Waals surface area (Å²) in [5, 5.41) is 12.6. The molecule has 5 aromatic rings. The topological polar surface area (TPSA) is 75.6 Å². The first-order chi connectivity index (χ1) is 18.9. The van der Waals surface area contributed by atoms with Crippen molar-refractivity contribution in [1.29, 1.82) is 0 Å². The third kappa shape index (κ3) is 6.74.